The van der Waals surface area contributed by atoms with Gasteiger partial charge in [-0.1, -0.05) is 17.6 Å². The zero-order valence-corrected chi connectivity index (χ0v) is 15.1. The Kier molecular flexibility index (Phi) is 5.09. The summed E-state index contributed by atoms with van der Waals surface area (Å²) < 4.78 is 0. The van der Waals surface area contributed by atoms with E-state index in [-0.39, 0.29) is 0 Å². The van der Waals surface area contributed by atoms with Crippen molar-refractivity contribution in [2.45, 2.75) is 32.7 Å². The van der Waals surface area contributed by atoms with E-state index in [4.69, 9.17) is 0 Å². The van der Waals surface area contributed by atoms with Gasteiger partial charge >= 0.3 is 0 Å². The van der Waals surface area contributed by atoms with Gasteiger partial charge in [0.25, 0.3) is 0 Å². The molecule has 7 heteroatoms. The maximum atomic E-state index is 4.64. The lowest BCUT2D eigenvalue weighted by Crippen LogP contribution is -2.37. The molecule has 1 fully saturated rings. The molecule has 124 valence electrons. The van der Waals surface area contributed by atoms with Crippen LogP contribution in [0.2, 0.25) is 0 Å². The molecule has 0 spiro atoms. The van der Waals surface area contributed by atoms with Gasteiger partial charge in [0.15, 0.2) is 7.98 Å². The van der Waals surface area contributed by atoms with Crippen LogP contribution in [0.1, 0.15) is 24.0 Å². The van der Waals surface area contributed by atoms with Crippen LogP contribution >= 0.6 is 0 Å². The third kappa shape index (κ3) is 4.09. The van der Waals surface area contributed by atoms with Crippen molar-refractivity contribution in [3.05, 3.63) is 35.5 Å². The van der Waals surface area contributed by atoms with Crippen molar-refractivity contribution in [3.63, 3.8) is 0 Å². The fraction of sp³-hybridized carbons (Fsp3) is 0.412. The fourth-order valence-corrected chi connectivity index (χ4v) is 3.34. The molecule has 0 unspecified atom stereocenters. The first-order valence-electron chi connectivity index (χ1n) is 8.64. The monoisotopic (exact) mass is 321 g/mol. The van der Waals surface area contributed by atoms with Gasteiger partial charge in [-0.05, 0) is 57.0 Å². The van der Waals surface area contributed by atoms with Gasteiger partial charge in [-0.3, -0.25) is 0 Å². The van der Waals surface area contributed by atoms with Crippen molar-refractivity contribution in [1.29, 1.82) is 0 Å². The minimum Gasteiger partial charge on any atom is -0.351 e. The van der Waals surface area contributed by atoms with Crippen molar-refractivity contribution >= 4 is 38.7 Å². The highest BCUT2D eigenvalue weighted by Gasteiger charge is 2.17. The summed E-state index contributed by atoms with van der Waals surface area (Å²) in [6, 6.07) is 6.75. The van der Waals surface area contributed by atoms with E-state index in [0.717, 1.165) is 37.4 Å². The van der Waals surface area contributed by atoms with Gasteiger partial charge in [0.05, 0.1) is 0 Å². The van der Waals surface area contributed by atoms with Crippen molar-refractivity contribution in [2.24, 2.45) is 0 Å². The predicted molar refractivity (Wildman–Crippen MR) is 106 cm³/mol. The molecule has 1 aliphatic rings. The van der Waals surface area contributed by atoms with Gasteiger partial charge < -0.3 is 15.4 Å². The van der Waals surface area contributed by atoms with Crippen LogP contribution in [-0.2, 0) is 0 Å². The largest absolute Gasteiger partial charge is 0.351 e. The van der Waals surface area contributed by atoms with Crippen LogP contribution in [-0.4, -0.2) is 49.7 Å². The van der Waals surface area contributed by atoms with Gasteiger partial charge in [-0.2, -0.15) is 4.98 Å². The first-order valence-corrected chi connectivity index (χ1v) is 8.64. The van der Waals surface area contributed by atoms with E-state index in [2.05, 4.69) is 67.2 Å². The number of anilines is 3. The van der Waals surface area contributed by atoms with Crippen molar-refractivity contribution in [3.8, 4) is 0 Å². The first-order chi connectivity index (χ1) is 11.5. The third-order valence-electron chi connectivity index (χ3n) is 4.64. The normalized spacial score (nSPS) is 16.1. The summed E-state index contributed by atoms with van der Waals surface area (Å²) in [5.41, 5.74) is 4.87. The minimum atomic E-state index is 0.458. The Hall–Kier alpha value is -2.01. The summed E-state index contributed by atoms with van der Waals surface area (Å²) in [7, 11) is 4.29. The highest BCUT2D eigenvalue weighted by Crippen LogP contribution is 2.23. The second-order valence-corrected chi connectivity index (χ2v) is 6.89. The second-order valence-electron chi connectivity index (χ2n) is 6.89. The number of nitrogens with one attached hydrogen (secondary N) is 2. The highest BCUT2D eigenvalue weighted by molar-refractivity contribution is 6.32. The summed E-state index contributed by atoms with van der Waals surface area (Å²) >= 11 is 0. The Labute approximate surface area is 146 Å². The molecule has 0 amide bonds. The molecule has 0 atom stereocenters. The molecule has 3 rings (SSSR count). The van der Waals surface area contributed by atoms with Gasteiger partial charge in [-0.15, -0.1) is 0 Å². The molecule has 0 bridgehead atoms. The SMILES string of the molecule is Bc1cc(C)c(Nc2ccnc(NC3CCN(B)CC3)n2)c(C)c1. The van der Waals surface area contributed by atoms with Gasteiger partial charge in [0, 0.05) is 17.9 Å². The van der Waals surface area contributed by atoms with E-state index in [1.165, 1.54) is 16.6 Å². The molecule has 0 radical (unpaired) electrons. The van der Waals surface area contributed by atoms with Crippen molar-refractivity contribution in [2.75, 3.05) is 23.7 Å². The number of piperidine rings is 1. The highest BCUT2D eigenvalue weighted by atomic mass is 15.2. The maximum Gasteiger partial charge on any atom is 0.224 e. The fourth-order valence-electron chi connectivity index (χ4n) is 3.34. The van der Waals surface area contributed by atoms with Gasteiger partial charge in [0.1, 0.15) is 13.7 Å². The van der Waals surface area contributed by atoms with E-state index in [0.29, 0.717) is 12.0 Å². The number of aromatic nitrogens is 2. The number of benzene rings is 1. The lowest BCUT2D eigenvalue weighted by molar-refractivity contribution is 0.346. The lowest BCUT2D eigenvalue weighted by atomic mass is 9.91. The summed E-state index contributed by atoms with van der Waals surface area (Å²) in [5, 5.41) is 6.93. The lowest BCUT2D eigenvalue weighted by Gasteiger charge is -2.29. The van der Waals surface area contributed by atoms with E-state index in [1.54, 1.807) is 0 Å². The topological polar surface area (TPSA) is 53.1 Å². The molecule has 1 saturated heterocycles. The number of nitrogens with zero attached hydrogens (tertiary/aromatic N) is 3. The number of hydrogen-bond donors (Lipinski definition) is 2. The van der Waals surface area contributed by atoms with Crippen molar-refractivity contribution in [1.82, 2.24) is 14.8 Å². The summed E-state index contributed by atoms with van der Waals surface area (Å²) in [5.74, 6) is 1.53. The molecule has 0 saturated carbocycles. The standard InChI is InChI=1S/C17H25B2N5/c1-11-9-13(18)10-12(2)16(11)22-15-3-6-20-17(23-15)21-14-4-7-24(19)8-5-14/h3,6,9-10,14H,4-5,7-8,18-19H2,1-2H3,(H2,20,21,22,23). The molecular formula is C17H25B2N5. The van der Waals surface area contributed by atoms with Gasteiger partial charge in [0.2, 0.25) is 5.95 Å². The zero-order chi connectivity index (χ0) is 17.1. The third-order valence-corrected chi connectivity index (χ3v) is 4.64. The van der Waals surface area contributed by atoms with Crippen LogP contribution in [0.5, 0.6) is 0 Å². The Morgan fingerprint density at radius 3 is 2.50 bits per heavy atom. The molecule has 2 N–H and O–H groups in total. The van der Waals surface area contributed by atoms with Crippen molar-refractivity contribution < 1.29 is 0 Å². The Morgan fingerprint density at radius 1 is 1.17 bits per heavy atom. The maximum absolute atomic E-state index is 4.64. The molecule has 2 aromatic rings. The Balaban J connectivity index is 1.72. The van der Waals surface area contributed by atoms with Crippen LogP contribution < -0.4 is 16.1 Å². The minimum absolute atomic E-state index is 0.458. The molecule has 24 heavy (non-hydrogen) atoms. The molecule has 2 heterocycles. The quantitative estimate of drug-likeness (QED) is 0.804. The van der Waals surface area contributed by atoms with Gasteiger partial charge in [-0.25, -0.2) is 4.98 Å². The molecule has 5 nitrogen and oxygen atoms in total. The van der Waals surface area contributed by atoms with Crippen LogP contribution in [0.4, 0.5) is 17.5 Å². The smallest absolute Gasteiger partial charge is 0.224 e. The second kappa shape index (κ2) is 7.26. The zero-order valence-electron chi connectivity index (χ0n) is 15.1. The van der Waals surface area contributed by atoms with Crippen LogP contribution in [0.3, 0.4) is 0 Å². The number of aryl methyl sites for hydroxylation is 2. The summed E-state index contributed by atoms with van der Waals surface area (Å²) in [6.45, 7) is 6.50. The van der Waals surface area contributed by atoms with E-state index in [1.807, 2.05) is 12.3 Å². The molecule has 1 aromatic carbocycles. The van der Waals surface area contributed by atoms with Crippen LogP contribution in [0.15, 0.2) is 24.4 Å². The number of rotatable bonds is 4. The van der Waals surface area contributed by atoms with E-state index in [9.17, 15) is 0 Å². The molecule has 1 aromatic heterocycles. The Bertz CT molecular complexity index is 691. The van der Waals surface area contributed by atoms with Crippen LogP contribution in [0.25, 0.3) is 0 Å². The molecule has 0 aliphatic carbocycles. The predicted octanol–water partition coefficient (Wildman–Crippen LogP) is 0.520. The van der Waals surface area contributed by atoms with E-state index >= 15 is 0 Å². The molecule has 1 aliphatic heterocycles. The average molecular weight is 321 g/mol. The Morgan fingerprint density at radius 2 is 1.83 bits per heavy atom. The summed E-state index contributed by atoms with van der Waals surface area (Å²) in [6.07, 6.45) is 4.08. The summed E-state index contributed by atoms with van der Waals surface area (Å²) in [4.78, 5) is 11.4. The number of hydrogen-bond acceptors (Lipinski definition) is 5. The average Bonchev–Trinajstić information content (AvgIpc) is 2.53. The van der Waals surface area contributed by atoms with Crippen LogP contribution in [0, 0.1) is 13.8 Å². The first kappa shape index (κ1) is 16.8. The van der Waals surface area contributed by atoms with E-state index < -0.39 is 0 Å². The molecular weight excluding hydrogens is 296 g/mol.